The molecular formula is C30H34Cl2N4O5. The Morgan fingerprint density at radius 1 is 0.927 bits per heavy atom. The van der Waals surface area contributed by atoms with E-state index in [4.69, 9.17) is 23.2 Å². The number of likely N-dealkylation sites (tertiary alicyclic amines) is 2. The minimum Gasteiger partial charge on any atom is -0.481 e. The van der Waals surface area contributed by atoms with Crippen LogP contribution in [-0.2, 0) is 27.3 Å². The van der Waals surface area contributed by atoms with Crippen LogP contribution in [0, 0.1) is 11.8 Å². The number of para-hydroxylation sites is 1. The van der Waals surface area contributed by atoms with E-state index < -0.39 is 17.8 Å². The lowest BCUT2D eigenvalue weighted by atomic mass is 9.91. The Bertz CT molecular complexity index is 1320. The Morgan fingerprint density at radius 3 is 2.29 bits per heavy atom. The Labute approximate surface area is 249 Å². The molecule has 2 aromatic rings. The zero-order valence-electron chi connectivity index (χ0n) is 22.7. The third kappa shape index (κ3) is 6.79. The van der Waals surface area contributed by atoms with E-state index in [0.29, 0.717) is 74.9 Å². The molecule has 2 saturated heterocycles. The van der Waals surface area contributed by atoms with E-state index in [1.807, 2.05) is 35.2 Å². The van der Waals surface area contributed by atoms with Gasteiger partial charge in [-0.15, -0.1) is 0 Å². The molecule has 2 N–H and O–H groups in total. The third-order valence-electron chi connectivity index (χ3n) is 8.51. The molecule has 5 rings (SSSR count). The van der Waals surface area contributed by atoms with Crippen molar-refractivity contribution in [2.45, 2.75) is 51.1 Å². The Morgan fingerprint density at radius 2 is 1.61 bits per heavy atom. The fraction of sp³-hybridized carbons (Fsp3) is 0.467. The van der Waals surface area contributed by atoms with Crippen molar-refractivity contribution >= 4 is 52.7 Å². The SMILES string of the molecule is O=C(O)C1CCN(C(=O)C(CC(=O)N2CCC(N3Cc4ccccc4NC3=O)CC2)Cc2ccc(Cl)c(Cl)c2)CC1. The average molecular weight is 602 g/mol. The van der Waals surface area contributed by atoms with Gasteiger partial charge in [0.2, 0.25) is 11.8 Å². The van der Waals surface area contributed by atoms with Gasteiger partial charge < -0.3 is 25.1 Å². The number of hydrogen-bond donors (Lipinski definition) is 2. The quantitative estimate of drug-likeness (QED) is 0.469. The number of carbonyl (C=O) groups is 4. The lowest BCUT2D eigenvalue weighted by Crippen LogP contribution is -2.51. The van der Waals surface area contributed by atoms with Crippen molar-refractivity contribution in [2.24, 2.45) is 11.8 Å². The first-order valence-corrected chi connectivity index (χ1v) is 14.8. The maximum absolute atomic E-state index is 13.6. The van der Waals surface area contributed by atoms with E-state index in [0.717, 1.165) is 16.8 Å². The first kappa shape index (κ1) is 29.2. The molecule has 2 aromatic carbocycles. The molecule has 2 fully saturated rings. The van der Waals surface area contributed by atoms with Gasteiger partial charge in [0.25, 0.3) is 0 Å². The summed E-state index contributed by atoms with van der Waals surface area (Å²) in [5, 5.41) is 13.1. The van der Waals surface area contributed by atoms with Crippen LogP contribution in [0.3, 0.4) is 0 Å². The summed E-state index contributed by atoms with van der Waals surface area (Å²) in [5.41, 5.74) is 2.72. The predicted molar refractivity (Wildman–Crippen MR) is 156 cm³/mol. The van der Waals surface area contributed by atoms with Gasteiger partial charge in [0, 0.05) is 50.9 Å². The molecule has 3 aliphatic heterocycles. The number of aliphatic carboxylic acids is 1. The van der Waals surface area contributed by atoms with Crippen LogP contribution in [-0.4, -0.2) is 75.8 Å². The van der Waals surface area contributed by atoms with Crippen LogP contribution < -0.4 is 5.32 Å². The van der Waals surface area contributed by atoms with Crippen molar-refractivity contribution in [3.63, 3.8) is 0 Å². The topological polar surface area (TPSA) is 110 Å². The third-order valence-corrected chi connectivity index (χ3v) is 9.25. The summed E-state index contributed by atoms with van der Waals surface area (Å²) in [4.78, 5) is 56.6. The van der Waals surface area contributed by atoms with Gasteiger partial charge >= 0.3 is 12.0 Å². The number of carboxylic acids is 1. The van der Waals surface area contributed by atoms with Crippen LogP contribution in [0.15, 0.2) is 42.5 Å². The van der Waals surface area contributed by atoms with Crippen LogP contribution >= 0.6 is 23.2 Å². The maximum atomic E-state index is 13.6. The molecule has 4 amide bonds. The molecule has 1 unspecified atom stereocenters. The maximum Gasteiger partial charge on any atom is 0.322 e. The van der Waals surface area contributed by atoms with E-state index >= 15 is 0 Å². The highest BCUT2D eigenvalue weighted by molar-refractivity contribution is 6.42. The highest BCUT2D eigenvalue weighted by Gasteiger charge is 2.35. The van der Waals surface area contributed by atoms with Gasteiger partial charge in [-0.05, 0) is 61.4 Å². The molecule has 3 aliphatic rings. The minimum atomic E-state index is -0.839. The molecule has 0 radical (unpaired) electrons. The number of benzene rings is 2. The van der Waals surface area contributed by atoms with Gasteiger partial charge in [0.1, 0.15) is 0 Å². The van der Waals surface area contributed by atoms with Crippen molar-refractivity contribution in [1.82, 2.24) is 14.7 Å². The van der Waals surface area contributed by atoms with E-state index in [1.54, 1.807) is 21.9 Å². The highest BCUT2D eigenvalue weighted by Crippen LogP contribution is 2.30. The Hall–Kier alpha value is -3.30. The number of hydrogen-bond acceptors (Lipinski definition) is 4. The molecule has 0 saturated carbocycles. The van der Waals surface area contributed by atoms with Crippen LogP contribution in [0.4, 0.5) is 10.5 Å². The van der Waals surface area contributed by atoms with Crippen molar-refractivity contribution in [1.29, 1.82) is 0 Å². The number of fused-ring (bicyclic) bond motifs is 1. The van der Waals surface area contributed by atoms with E-state index in [9.17, 15) is 24.3 Å². The van der Waals surface area contributed by atoms with Gasteiger partial charge in [-0.1, -0.05) is 47.5 Å². The van der Waals surface area contributed by atoms with E-state index in [-0.39, 0.29) is 30.3 Å². The summed E-state index contributed by atoms with van der Waals surface area (Å²) >= 11 is 12.3. The van der Waals surface area contributed by atoms with Crippen molar-refractivity contribution in [3.05, 3.63) is 63.6 Å². The molecule has 3 heterocycles. The monoisotopic (exact) mass is 600 g/mol. The van der Waals surface area contributed by atoms with Crippen molar-refractivity contribution in [3.8, 4) is 0 Å². The molecule has 0 bridgehead atoms. The van der Waals surface area contributed by atoms with Gasteiger partial charge in [0.15, 0.2) is 0 Å². The first-order valence-electron chi connectivity index (χ1n) is 14.1. The smallest absolute Gasteiger partial charge is 0.322 e. The molecule has 9 nitrogen and oxygen atoms in total. The molecule has 11 heteroatoms. The number of urea groups is 1. The number of nitrogens with zero attached hydrogens (tertiary/aromatic N) is 3. The van der Waals surface area contributed by atoms with E-state index in [1.165, 1.54) is 0 Å². The van der Waals surface area contributed by atoms with Crippen LogP contribution in [0.5, 0.6) is 0 Å². The molecular weight excluding hydrogens is 567 g/mol. The Balaban J connectivity index is 1.22. The zero-order chi connectivity index (χ0) is 29.1. The molecule has 0 spiro atoms. The number of carboxylic acid groups (broad SMARTS) is 1. The fourth-order valence-electron chi connectivity index (χ4n) is 6.09. The minimum absolute atomic E-state index is 0.0246. The number of piperidine rings is 2. The summed E-state index contributed by atoms with van der Waals surface area (Å²) in [6.07, 6.45) is 2.49. The molecule has 218 valence electrons. The molecule has 41 heavy (non-hydrogen) atoms. The molecule has 1 atom stereocenters. The van der Waals surface area contributed by atoms with Crippen LogP contribution in [0.1, 0.15) is 43.2 Å². The number of rotatable bonds is 7. The summed E-state index contributed by atoms with van der Waals surface area (Å²) in [5.74, 6) is -2.15. The second-order valence-electron chi connectivity index (χ2n) is 11.1. The summed E-state index contributed by atoms with van der Waals surface area (Å²) in [7, 11) is 0. The van der Waals surface area contributed by atoms with E-state index in [2.05, 4.69) is 5.32 Å². The average Bonchev–Trinajstić information content (AvgIpc) is 2.98. The summed E-state index contributed by atoms with van der Waals surface area (Å²) in [6.45, 7) is 2.27. The van der Waals surface area contributed by atoms with Gasteiger partial charge in [-0.25, -0.2) is 4.79 Å². The normalized spacial score (nSPS) is 19.0. The molecule has 0 aromatic heterocycles. The predicted octanol–water partition coefficient (Wildman–Crippen LogP) is 4.90. The second-order valence-corrected chi connectivity index (χ2v) is 11.9. The van der Waals surface area contributed by atoms with Gasteiger partial charge in [-0.3, -0.25) is 14.4 Å². The van der Waals surface area contributed by atoms with Crippen molar-refractivity contribution in [2.75, 3.05) is 31.5 Å². The summed E-state index contributed by atoms with van der Waals surface area (Å²) in [6, 6.07) is 12.9. The number of nitrogens with one attached hydrogen (secondary N) is 1. The summed E-state index contributed by atoms with van der Waals surface area (Å²) < 4.78 is 0. The lowest BCUT2D eigenvalue weighted by molar-refractivity contribution is -0.147. The number of amides is 4. The zero-order valence-corrected chi connectivity index (χ0v) is 24.2. The van der Waals surface area contributed by atoms with Gasteiger partial charge in [0.05, 0.1) is 21.9 Å². The number of carbonyl (C=O) groups excluding carboxylic acids is 3. The molecule has 0 aliphatic carbocycles. The number of anilines is 1. The van der Waals surface area contributed by atoms with Gasteiger partial charge in [-0.2, -0.15) is 0 Å². The highest BCUT2D eigenvalue weighted by atomic mass is 35.5. The number of halogens is 2. The fourth-order valence-corrected chi connectivity index (χ4v) is 6.41. The lowest BCUT2D eigenvalue weighted by Gasteiger charge is -2.41. The largest absolute Gasteiger partial charge is 0.481 e. The Kier molecular flexibility index (Phi) is 9.04. The first-order chi connectivity index (χ1) is 19.7. The van der Waals surface area contributed by atoms with Crippen LogP contribution in [0.25, 0.3) is 0 Å². The second kappa shape index (κ2) is 12.7. The standard InChI is InChI=1S/C30H34Cl2N4O5/c31-24-6-5-19(16-25(24)32)15-22(28(38)35-11-7-20(8-12-35)29(39)40)17-27(37)34-13-9-23(10-14-34)36-18-21-3-1-2-4-26(21)33-30(36)41/h1-6,16,20,22-23H,7-15,17-18H2,(H,33,41)(H,39,40). The van der Waals surface area contributed by atoms with Crippen LogP contribution in [0.2, 0.25) is 10.0 Å². The van der Waals surface area contributed by atoms with Crippen molar-refractivity contribution < 1.29 is 24.3 Å².